The van der Waals surface area contributed by atoms with Crippen molar-refractivity contribution in [3.63, 3.8) is 0 Å². The highest BCUT2D eigenvalue weighted by atomic mass is 33.9. The third kappa shape index (κ3) is 10.5. The van der Waals surface area contributed by atoms with Crippen LogP contribution in [-0.4, -0.2) is 5.75 Å². The van der Waals surface area contributed by atoms with Crippen LogP contribution in [0.1, 0.15) is 6.42 Å². The molecule has 0 aromatic carbocycles. The van der Waals surface area contributed by atoms with Gasteiger partial charge in [0.05, 0.1) is 0 Å². The largest absolute Gasteiger partial charge is 0.0837 e. The van der Waals surface area contributed by atoms with E-state index in [1.54, 1.807) is 20.6 Å². The van der Waals surface area contributed by atoms with Crippen molar-refractivity contribution < 1.29 is 0 Å². The van der Waals surface area contributed by atoms with Crippen LogP contribution in [0.3, 0.4) is 0 Å². The number of hydrogen-bond acceptors (Lipinski definition) is 7. The van der Waals surface area contributed by atoms with Crippen LogP contribution >= 0.6 is 70.7 Å². The van der Waals surface area contributed by atoms with Crippen molar-refractivity contribution in [3.8, 4) is 0 Å². The lowest BCUT2D eigenvalue weighted by Gasteiger charge is -1.96. The van der Waals surface area contributed by atoms with Crippen molar-refractivity contribution in [1.82, 2.24) is 0 Å². The lowest BCUT2D eigenvalue weighted by molar-refractivity contribution is 1.25. The van der Waals surface area contributed by atoms with Gasteiger partial charge >= 0.3 is 0 Å². The van der Waals surface area contributed by atoms with E-state index < -0.39 is 0 Å². The fourth-order valence-electron chi connectivity index (χ4n) is 0.623. The summed E-state index contributed by atoms with van der Waals surface area (Å²) in [5.74, 6) is 1.19. The molecule has 0 fully saturated rings. The Morgan fingerprint density at radius 2 is 1.53 bits per heavy atom. The zero-order valence-corrected chi connectivity index (χ0v) is 13.5. The summed E-state index contributed by atoms with van der Waals surface area (Å²) >= 11 is 0. The molecule has 0 nitrogen and oxygen atoms in total. The summed E-state index contributed by atoms with van der Waals surface area (Å²) in [6, 6.07) is 0. The topological polar surface area (TPSA) is 0 Å². The normalized spacial score (nSPS) is 27.2. The molecule has 0 bridgehead atoms. The van der Waals surface area contributed by atoms with Crippen molar-refractivity contribution in [3.05, 3.63) is 35.8 Å². The highest BCUT2D eigenvalue weighted by Gasteiger charge is 1.94. The lowest BCUT2D eigenvalue weighted by Crippen LogP contribution is -1.68. The summed E-state index contributed by atoms with van der Waals surface area (Å²) in [5.41, 5.74) is 0. The highest BCUT2D eigenvalue weighted by molar-refractivity contribution is 9.46. The molecule has 0 unspecified atom stereocenters. The first-order valence-electron chi connectivity index (χ1n) is 4.10. The van der Waals surface area contributed by atoms with Gasteiger partial charge in [-0.1, -0.05) is 52.0 Å². The first-order chi connectivity index (χ1) is 7.50. The maximum atomic E-state index is 2.21. The van der Waals surface area contributed by atoms with E-state index in [1.165, 1.54) is 5.75 Å². The molecule has 1 aliphatic heterocycles. The third-order valence-electron chi connectivity index (χ3n) is 1.17. The molecule has 0 radical (unpaired) electrons. The smallest absolute Gasteiger partial charge is 0.00801 e. The van der Waals surface area contributed by atoms with Gasteiger partial charge in [0.2, 0.25) is 0 Å². The van der Waals surface area contributed by atoms with E-state index >= 15 is 0 Å². The Labute approximate surface area is 117 Å². The molecule has 1 aliphatic rings. The lowest BCUT2D eigenvalue weighted by atomic mass is 10.4. The molecule has 0 aromatic rings. The van der Waals surface area contributed by atoms with Gasteiger partial charge in [0.25, 0.3) is 0 Å². The molecule has 0 aromatic heterocycles. The minimum atomic E-state index is 1.15. The molecule has 7 heteroatoms. The standard InChI is InChI=1S/C8H10S7/c1-2-4-6-8-10-12-14-15-13-11-9-7-5-3-1/h1-5,7H,6,8H2/b3-1+,4-2+,7-5-. The molecule has 0 saturated carbocycles. The van der Waals surface area contributed by atoms with Gasteiger partial charge in [0, 0.05) is 5.75 Å². The van der Waals surface area contributed by atoms with E-state index in [-0.39, 0.29) is 0 Å². The Morgan fingerprint density at radius 1 is 0.733 bits per heavy atom. The summed E-state index contributed by atoms with van der Waals surface area (Å²) in [6.07, 6.45) is 11.7. The van der Waals surface area contributed by atoms with Gasteiger partial charge in [-0.05, 0) is 61.0 Å². The molecule has 0 amide bonds. The van der Waals surface area contributed by atoms with Crippen LogP contribution in [0.4, 0.5) is 0 Å². The highest BCUT2D eigenvalue weighted by Crippen LogP contribution is 2.55. The average Bonchev–Trinajstić information content (AvgIpc) is 2.27. The quantitative estimate of drug-likeness (QED) is 0.451. The molecular formula is C8H10S7. The number of hydrogen-bond donors (Lipinski definition) is 0. The monoisotopic (exact) mass is 330 g/mol. The zero-order chi connectivity index (χ0) is 10.6. The summed E-state index contributed by atoms with van der Waals surface area (Å²) < 4.78 is 0. The van der Waals surface area contributed by atoms with E-state index in [0.717, 1.165) is 6.42 Å². The molecule has 1 heterocycles. The van der Waals surface area contributed by atoms with E-state index in [0.29, 0.717) is 0 Å². The van der Waals surface area contributed by atoms with E-state index in [1.807, 2.05) is 50.1 Å². The predicted molar refractivity (Wildman–Crippen MR) is 90.0 cm³/mol. The number of rotatable bonds is 0. The van der Waals surface area contributed by atoms with Crippen LogP contribution in [-0.2, 0) is 0 Å². The van der Waals surface area contributed by atoms with Crippen LogP contribution in [0, 0.1) is 0 Å². The van der Waals surface area contributed by atoms with Gasteiger partial charge < -0.3 is 0 Å². The molecule has 0 atom stereocenters. The van der Waals surface area contributed by atoms with Crippen LogP contribution < -0.4 is 0 Å². The molecule has 15 heavy (non-hydrogen) atoms. The van der Waals surface area contributed by atoms with Gasteiger partial charge in [0.15, 0.2) is 0 Å². The fourth-order valence-corrected chi connectivity index (χ4v) is 14.1. The van der Waals surface area contributed by atoms with Crippen molar-refractivity contribution in [2.45, 2.75) is 6.42 Å². The minimum absolute atomic E-state index is 1.15. The summed E-state index contributed by atoms with van der Waals surface area (Å²) in [7, 11) is 12.8. The summed E-state index contributed by atoms with van der Waals surface area (Å²) in [4.78, 5) is 0. The van der Waals surface area contributed by atoms with Crippen LogP contribution in [0.25, 0.3) is 0 Å². The Balaban J connectivity index is 2.25. The number of allylic oxidation sites excluding steroid dienone is 5. The molecular weight excluding hydrogens is 321 g/mol. The van der Waals surface area contributed by atoms with Gasteiger partial charge in [0.1, 0.15) is 0 Å². The first-order valence-corrected chi connectivity index (χ1v) is 13.1. The molecule has 0 aliphatic carbocycles. The molecule has 0 saturated heterocycles. The maximum absolute atomic E-state index is 2.21. The van der Waals surface area contributed by atoms with Gasteiger partial charge in [-0.3, -0.25) is 0 Å². The SMILES string of the molecule is C1=C\SSSSSSSCC/C=C/C=C/1. The molecule has 0 spiro atoms. The molecule has 0 N–H and O–H groups in total. The third-order valence-corrected chi connectivity index (χ3v) is 13.8. The van der Waals surface area contributed by atoms with Gasteiger partial charge in [-0.2, -0.15) is 0 Å². The van der Waals surface area contributed by atoms with Crippen LogP contribution in [0.5, 0.6) is 0 Å². The van der Waals surface area contributed by atoms with Crippen molar-refractivity contribution in [2.24, 2.45) is 0 Å². The summed E-state index contributed by atoms with van der Waals surface area (Å²) in [5, 5.41) is 2.11. The minimum Gasteiger partial charge on any atom is -0.0837 e. The Morgan fingerprint density at radius 3 is 2.53 bits per heavy atom. The predicted octanol–water partition coefficient (Wildman–Crippen LogP) is 6.64. The van der Waals surface area contributed by atoms with E-state index in [2.05, 4.69) is 35.8 Å². The Kier molecular flexibility index (Phi) is 11.9. The second-order valence-electron chi connectivity index (χ2n) is 2.19. The Bertz CT molecular complexity index is 201. The molecule has 84 valence electrons. The fraction of sp³-hybridized carbons (Fsp3) is 0.250. The second kappa shape index (κ2) is 12.1. The zero-order valence-electron chi connectivity index (χ0n) is 7.74. The van der Waals surface area contributed by atoms with Crippen LogP contribution in [0.15, 0.2) is 35.8 Å². The van der Waals surface area contributed by atoms with Crippen LogP contribution in [0.2, 0.25) is 0 Å². The molecule has 1 rings (SSSR count). The van der Waals surface area contributed by atoms with Gasteiger partial charge in [-0.15, -0.1) is 0 Å². The Hall–Kier alpha value is 1.67. The van der Waals surface area contributed by atoms with Crippen molar-refractivity contribution in [1.29, 1.82) is 0 Å². The average molecular weight is 331 g/mol. The van der Waals surface area contributed by atoms with Crippen molar-refractivity contribution in [2.75, 3.05) is 5.75 Å². The second-order valence-corrected chi connectivity index (χ2v) is 13.4. The maximum Gasteiger partial charge on any atom is 0.00801 e. The van der Waals surface area contributed by atoms with Crippen molar-refractivity contribution >= 4 is 70.7 Å². The first kappa shape index (κ1) is 14.7. The van der Waals surface area contributed by atoms with E-state index in [4.69, 9.17) is 0 Å². The van der Waals surface area contributed by atoms with E-state index in [9.17, 15) is 0 Å². The van der Waals surface area contributed by atoms with Gasteiger partial charge in [-0.25, -0.2) is 0 Å². The summed E-state index contributed by atoms with van der Waals surface area (Å²) in [6.45, 7) is 0.